The number of carbonyl (C=O) groups excluding carboxylic acids is 2. The van der Waals surface area contributed by atoms with Gasteiger partial charge in [-0.2, -0.15) is 0 Å². The van der Waals surface area contributed by atoms with Gasteiger partial charge in [0.1, 0.15) is 11.3 Å². The van der Waals surface area contributed by atoms with E-state index < -0.39 is 17.9 Å². The summed E-state index contributed by atoms with van der Waals surface area (Å²) in [6.07, 6.45) is 0. The fourth-order valence-electron chi connectivity index (χ4n) is 0.654. The molecule has 0 saturated heterocycles. The van der Waals surface area contributed by atoms with Crippen molar-refractivity contribution >= 4 is 55.6 Å². The van der Waals surface area contributed by atoms with E-state index in [1.807, 2.05) is 0 Å². The standard InChI is InChI=1S/C7H6O3.2C2H4O2.Ca/c8-6-4-2-1-3-5(6)7(9)10;2*1-2(3)4;/h1-4,8H,(H,9,10);2*1H3,(H,3,4);/q;;;+2/p-2. The van der Waals surface area contributed by atoms with Crippen LogP contribution >= 0.6 is 0 Å². The Balaban J connectivity index is -0.000000242. The molecule has 0 amide bonds. The Morgan fingerprint density at radius 1 is 1.00 bits per heavy atom. The van der Waals surface area contributed by atoms with Gasteiger partial charge < -0.3 is 30.0 Å². The smallest absolute Gasteiger partial charge is 0.550 e. The molecule has 0 aliphatic carbocycles. The van der Waals surface area contributed by atoms with Gasteiger partial charge in [-0.3, -0.25) is 0 Å². The SMILES string of the molecule is CC(=O)[O-].CC(=O)[O-].O=C(O)c1ccccc1O.[Ca+2]. The summed E-state index contributed by atoms with van der Waals surface area (Å²) in [5, 5.41) is 35.1. The first-order chi connectivity index (χ1) is 8.18. The molecule has 2 N–H and O–H groups in total. The molecule has 0 aliphatic rings. The maximum atomic E-state index is 10.3. The number of aliphatic carboxylic acids is 2. The Morgan fingerprint density at radius 3 is 1.53 bits per heavy atom. The molecule has 1 aromatic rings. The predicted octanol–water partition coefficient (Wildman–Crippen LogP) is -1.78. The van der Waals surface area contributed by atoms with Gasteiger partial charge in [0.05, 0.1) is 0 Å². The summed E-state index contributed by atoms with van der Waals surface area (Å²) in [7, 11) is 0. The van der Waals surface area contributed by atoms with Crippen LogP contribution in [0.1, 0.15) is 24.2 Å². The van der Waals surface area contributed by atoms with Crippen LogP contribution in [0.4, 0.5) is 0 Å². The van der Waals surface area contributed by atoms with Gasteiger partial charge in [0.15, 0.2) is 0 Å². The normalized spacial score (nSPS) is 7.47. The largest absolute Gasteiger partial charge is 2.00 e. The van der Waals surface area contributed by atoms with E-state index in [0.717, 1.165) is 13.8 Å². The van der Waals surface area contributed by atoms with Gasteiger partial charge in [0.25, 0.3) is 0 Å². The number of rotatable bonds is 1. The van der Waals surface area contributed by atoms with Gasteiger partial charge in [-0.05, 0) is 26.0 Å². The Kier molecular flexibility index (Phi) is 15.8. The van der Waals surface area contributed by atoms with Crippen molar-refractivity contribution in [3.8, 4) is 5.75 Å². The third-order valence-corrected chi connectivity index (χ3v) is 1.13. The molecule has 8 heteroatoms. The molecule has 0 spiro atoms. The van der Waals surface area contributed by atoms with E-state index in [-0.39, 0.29) is 49.1 Å². The van der Waals surface area contributed by atoms with Crippen molar-refractivity contribution in [3.63, 3.8) is 0 Å². The summed E-state index contributed by atoms with van der Waals surface area (Å²) in [6, 6.07) is 5.81. The maximum Gasteiger partial charge on any atom is 2.00 e. The van der Waals surface area contributed by atoms with E-state index in [2.05, 4.69) is 0 Å². The quantitative estimate of drug-likeness (QED) is 0.584. The average molecular weight is 296 g/mol. The zero-order valence-corrected chi connectivity index (χ0v) is 12.7. The van der Waals surface area contributed by atoms with E-state index in [0.29, 0.717) is 0 Å². The fraction of sp³-hybridized carbons (Fsp3) is 0.182. The van der Waals surface area contributed by atoms with Crippen molar-refractivity contribution in [3.05, 3.63) is 29.8 Å². The molecule has 1 aromatic carbocycles. The van der Waals surface area contributed by atoms with E-state index in [1.54, 1.807) is 12.1 Å². The molecule has 100 valence electrons. The average Bonchev–Trinajstić information content (AvgIpc) is 2.15. The van der Waals surface area contributed by atoms with E-state index in [1.165, 1.54) is 12.1 Å². The van der Waals surface area contributed by atoms with Crippen molar-refractivity contribution in [1.29, 1.82) is 0 Å². The molecular formula is C11H12CaO7. The minimum atomic E-state index is -1.11. The van der Waals surface area contributed by atoms with Crippen LogP contribution in [0.5, 0.6) is 5.75 Å². The number of hydrogen-bond donors (Lipinski definition) is 2. The number of carbonyl (C=O) groups is 3. The molecular weight excluding hydrogens is 284 g/mol. The molecule has 19 heavy (non-hydrogen) atoms. The summed E-state index contributed by atoms with van der Waals surface area (Å²) in [5.41, 5.74) is -0.0671. The molecule has 7 nitrogen and oxygen atoms in total. The molecule has 0 aliphatic heterocycles. The predicted molar refractivity (Wildman–Crippen MR) is 62.2 cm³/mol. The molecule has 0 heterocycles. The van der Waals surface area contributed by atoms with E-state index >= 15 is 0 Å². The monoisotopic (exact) mass is 296 g/mol. The van der Waals surface area contributed by atoms with Gasteiger partial charge in [-0.25, -0.2) is 4.79 Å². The molecule has 0 atom stereocenters. The Labute approximate surface area is 139 Å². The van der Waals surface area contributed by atoms with Crippen LogP contribution in [0, 0.1) is 0 Å². The van der Waals surface area contributed by atoms with Crippen LogP contribution in [0.25, 0.3) is 0 Å². The number of benzene rings is 1. The number of phenols is 1. The van der Waals surface area contributed by atoms with E-state index in [4.69, 9.17) is 30.0 Å². The van der Waals surface area contributed by atoms with Crippen LogP contribution in [-0.2, 0) is 9.59 Å². The third-order valence-electron chi connectivity index (χ3n) is 1.13. The van der Waals surface area contributed by atoms with Crippen LogP contribution in [0.3, 0.4) is 0 Å². The Bertz CT molecular complexity index is 397. The van der Waals surface area contributed by atoms with Crippen LogP contribution < -0.4 is 10.2 Å². The topological polar surface area (TPSA) is 138 Å². The van der Waals surface area contributed by atoms with Crippen molar-refractivity contribution in [1.82, 2.24) is 0 Å². The summed E-state index contributed by atoms with van der Waals surface area (Å²) in [6.45, 7) is 1.94. The maximum absolute atomic E-state index is 10.3. The van der Waals surface area contributed by atoms with E-state index in [9.17, 15) is 4.79 Å². The number of para-hydroxylation sites is 1. The summed E-state index contributed by atoms with van der Waals surface area (Å²) < 4.78 is 0. The molecule has 1 rings (SSSR count). The number of carboxylic acids is 3. The number of carboxylic acid groups (broad SMARTS) is 3. The minimum Gasteiger partial charge on any atom is -0.550 e. The number of hydrogen-bond acceptors (Lipinski definition) is 6. The first-order valence-corrected chi connectivity index (χ1v) is 4.55. The van der Waals surface area contributed by atoms with Crippen LogP contribution in [0.15, 0.2) is 24.3 Å². The summed E-state index contributed by atoms with van der Waals surface area (Å²) in [5.74, 6) is -3.48. The zero-order valence-electron chi connectivity index (χ0n) is 10.5. The second-order valence-electron chi connectivity index (χ2n) is 2.81. The van der Waals surface area contributed by atoms with Crippen LogP contribution in [-0.4, -0.2) is 65.9 Å². The second kappa shape index (κ2) is 13.1. The number of aromatic carboxylic acids is 1. The Morgan fingerprint density at radius 2 is 1.32 bits per heavy atom. The van der Waals surface area contributed by atoms with Gasteiger partial charge in [0.2, 0.25) is 0 Å². The molecule has 0 saturated carbocycles. The molecule has 0 radical (unpaired) electrons. The number of aromatic hydroxyl groups is 1. The second-order valence-corrected chi connectivity index (χ2v) is 2.81. The zero-order chi connectivity index (χ0) is 14.7. The van der Waals surface area contributed by atoms with Crippen molar-refractivity contribution in [2.75, 3.05) is 0 Å². The first-order valence-electron chi connectivity index (χ1n) is 4.55. The molecule has 0 bridgehead atoms. The third kappa shape index (κ3) is 19.2. The van der Waals surface area contributed by atoms with Crippen molar-refractivity contribution in [2.45, 2.75) is 13.8 Å². The molecule has 0 aromatic heterocycles. The summed E-state index contributed by atoms with van der Waals surface area (Å²) in [4.78, 5) is 28.0. The summed E-state index contributed by atoms with van der Waals surface area (Å²) >= 11 is 0. The van der Waals surface area contributed by atoms with Gasteiger partial charge >= 0.3 is 43.7 Å². The molecule has 0 fully saturated rings. The van der Waals surface area contributed by atoms with Gasteiger partial charge in [-0.1, -0.05) is 12.1 Å². The van der Waals surface area contributed by atoms with Crippen LogP contribution in [0.2, 0.25) is 0 Å². The van der Waals surface area contributed by atoms with Gasteiger partial charge in [0, 0.05) is 11.9 Å². The molecule has 0 unspecified atom stereocenters. The van der Waals surface area contributed by atoms with Gasteiger partial charge in [-0.15, -0.1) is 0 Å². The minimum absolute atomic E-state index is 0. The van der Waals surface area contributed by atoms with Crippen molar-refractivity contribution in [2.24, 2.45) is 0 Å². The fourth-order valence-corrected chi connectivity index (χ4v) is 0.654. The Hall–Kier alpha value is -1.31. The van der Waals surface area contributed by atoms with Crippen molar-refractivity contribution < 1.29 is 34.8 Å². The first kappa shape index (κ1) is 22.8.